The van der Waals surface area contributed by atoms with E-state index in [1.165, 1.54) is 18.2 Å². The molecule has 0 spiro atoms. The maximum absolute atomic E-state index is 14.3. The van der Waals surface area contributed by atoms with E-state index < -0.39 is 88.5 Å². The fraction of sp³-hybridized carbons (Fsp3) is 0.444. The van der Waals surface area contributed by atoms with Crippen LogP contribution in [-0.2, 0) is 11.2 Å². The summed E-state index contributed by atoms with van der Waals surface area (Å²) in [6.07, 6.45) is -8.53. The minimum Gasteiger partial charge on any atom is -0.419 e. The largest absolute Gasteiger partial charge is 0.419 e. The molecule has 0 heterocycles. The Balaban J connectivity index is 2.46. The van der Waals surface area contributed by atoms with E-state index >= 15 is 0 Å². The zero-order valence-electron chi connectivity index (χ0n) is 24.5. The van der Waals surface area contributed by atoms with Crippen molar-refractivity contribution in [1.29, 1.82) is 0 Å². The Labute approximate surface area is 275 Å². The second-order valence-electron chi connectivity index (χ2n) is 10.5. The number of nitro groups is 1. The number of carbonyl (C=O) groups excluding carboxylic acids is 1. The van der Waals surface area contributed by atoms with Gasteiger partial charge in [-0.05, 0) is 29.2 Å². The number of carbonyl (C=O) groups is 1. The van der Waals surface area contributed by atoms with Crippen LogP contribution in [-0.4, -0.2) is 70.6 Å². The zero-order valence-corrected chi connectivity index (χ0v) is 24.5. The molecule has 0 aliphatic rings. The van der Waals surface area contributed by atoms with E-state index in [1.54, 1.807) is 12.1 Å². The number of ether oxygens (including phenoxy) is 1. The van der Waals surface area contributed by atoms with Crippen LogP contribution in [0.2, 0.25) is 0 Å². The van der Waals surface area contributed by atoms with Crippen molar-refractivity contribution >= 4 is 17.7 Å². The Kier molecular flexibility index (Phi) is 11.4. The predicted molar refractivity (Wildman–Crippen MR) is 133 cm³/mol. The van der Waals surface area contributed by atoms with E-state index in [0.29, 0.717) is 23.3 Å². The summed E-state index contributed by atoms with van der Waals surface area (Å²) in [6, 6.07) is 8.02. The first-order valence-corrected chi connectivity index (χ1v) is 13.0. The van der Waals surface area contributed by atoms with Crippen molar-refractivity contribution in [3.63, 3.8) is 0 Å². The van der Waals surface area contributed by atoms with Crippen LogP contribution in [0.15, 0.2) is 49.0 Å². The average molecular weight is 797 g/mol. The predicted octanol–water partition coefficient (Wildman–Crippen LogP) is 10.1. The second-order valence-corrected chi connectivity index (χ2v) is 10.5. The summed E-state index contributed by atoms with van der Waals surface area (Å²) in [6.45, 7) is 3.49. The van der Waals surface area contributed by atoms with Crippen LogP contribution < -0.4 is 4.74 Å². The van der Waals surface area contributed by atoms with Crippen molar-refractivity contribution in [3.05, 3.63) is 75.8 Å². The number of alkyl halides is 20. The number of esters is 1. The minimum absolute atomic E-state index is 0.00980. The zero-order chi connectivity index (χ0) is 40.9. The van der Waals surface area contributed by atoms with Crippen LogP contribution in [0.4, 0.5) is 93.5 Å². The molecule has 0 fully saturated rings. The van der Waals surface area contributed by atoms with Gasteiger partial charge in [-0.3, -0.25) is 14.9 Å². The molecule has 0 saturated carbocycles. The lowest BCUT2D eigenvalue weighted by Crippen LogP contribution is -2.76. The molecule has 0 amide bonds. The highest BCUT2D eigenvalue weighted by Crippen LogP contribution is 2.65. The molecule has 52 heavy (non-hydrogen) atoms. The molecule has 0 unspecified atom stereocenters. The lowest BCUT2D eigenvalue weighted by Gasteiger charge is -2.44. The number of hydrogen-bond acceptors (Lipinski definition) is 4. The summed E-state index contributed by atoms with van der Waals surface area (Å²) >= 11 is 0. The number of benzene rings is 2. The van der Waals surface area contributed by atoms with E-state index in [0.717, 1.165) is 6.07 Å². The highest BCUT2D eigenvalue weighted by molar-refractivity contribution is 5.75. The van der Waals surface area contributed by atoms with Gasteiger partial charge in [0.15, 0.2) is 0 Å². The molecule has 2 rings (SSSR count). The van der Waals surface area contributed by atoms with Gasteiger partial charge in [0.05, 0.1) is 4.92 Å². The van der Waals surface area contributed by atoms with Gasteiger partial charge in [0.1, 0.15) is 6.42 Å². The van der Waals surface area contributed by atoms with Crippen molar-refractivity contribution in [1.82, 2.24) is 0 Å². The van der Waals surface area contributed by atoms with Gasteiger partial charge in [0.25, 0.3) is 0 Å². The fourth-order valence-corrected chi connectivity index (χ4v) is 3.92. The standard InChI is InChI=1S/C27H15F20NO4/c1-2-12-3-5-13(6-4-12)9-14-7-8-16(15(10-14)48(50)51)52-17(49)11-19(30,31)21(34,35)23(38,39)25(42,43)27(46,47)26(44,45)24(40,41)22(36,37)20(32,33)18(28)29/h2-8,10,18H,1,9,11H2. The second kappa shape index (κ2) is 13.6. The van der Waals surface area contributed by atoms with Gasteiger partial charge >= 0.3 is 71.4 Å². The fourth-order valence-electron chi connectivity index (χ4n) is 3.92. The molecule has 0 aliphatic heterocycles. The lowest BCUT2D eigenvalue weighted by molar-refractivity contribution is -0.465. The molecule has 25 heteroatoms. The van der Waals surface area contributed by atoms with Gasteiger partial charge in [0.2, 0.25) is 5.75 Å². The highest BCUT2D eigenvalue weighted by Gasteiger charge is 2.96. The third-order valence-electron chi connectivity index (χ3n) is 6.95. The lowest BCUT2D eigenvalue weighted by atomic mass is 9.86. The van der Waals surface area contributed by atoms with Crippen molar-refractivity contribution in [2.45, 2.75) is 72.6 Å². The summed E-state index contributed by atoms with van der Waals surface area (Å²) in [4.78, 5) is 22.0. The smallest absolute Gasteiger partial charge is 0.385 e. The van der Waals surface area contributed by atoms with Crippen molar-refractivity contribution < 1.29 is 102 Å². The van der Waals surface area contributed by atoms with E-state index in [4.69, 9.17) is 0 Å². The molecule has 2 aromatic rings. The molecule has 5 nitrogen and oxygen atoms in total. The molecular formula is C27H15F20NO4. The minimum atomic E-state index is -9.20. The van der Waals surface area contributed by atoms with Gasteiger partial charge in [-0.2, -0.15) is 79.0 Å². The average Bonchev–Trinajstić information content (AvgIpc) is 3.00. The summed E-state index contributed by atoms with van der Waals surface area (Å²) in [7, 11) is 0. The Morgan fingerprint density at radius 2 is 1.08 bits per heavy atom. The van der Waals surface area contributed by atoms with Crippen molar-refractivity contribution in [3.8, 4) is 5.75 Å². The molecule has 0 aliphatic carbocycles. The van der Waals surface area contributed by atoms with Crippen LogP contribution >= 0.6 is 0 Å². The number of hydrogen-bond donors (Lipinski definition) is 0. The Morgan fingerprint density at radius 3 is 1.48 bits per heavy atom. The topological polar surface area (TPSA) is 69.4 Å². The molecule has 0 radical (unpaired) electrons. The molecule has 2 aromatic carbocycles. The first-order chi connectivity index (χ1) is 23.1. The Hall–Kier alpha value is -4.35. The van der Waals surface area contributed by atoms with Crippen LogP contribution in [0.3, 0.4) is 0 Å². The first-order valence-electron chi connectivity index (χ1n) is 13.0. The number of halogens is 20. The molecule has 0 saturated heterocycles. The maximum atomic E-state index is 14.3. The maximum Gasteiger partial charge on any atom is 0.385 e. The molecule has 0 bridgehead atoms. The monoisotopic (exact) mass is 797 g/mol. The van der Waals surface area contributed by atoms with E-state index in [2.05, 4.69) is 11.3 Å². The van der Waals surface area contributed by atoms with Crippen LogP contribution in [0.25, 0.3) is 6.08 Å². The van der Waals surface area contributed by atoms with E-state index in [1.807, 2.05) is 0 Å². The Morgan fingerprint density at radius 1 is 0.673 bits per heavy atom. The van der Waals surface area contributed by atoms with Gasteiger partial charge in [-0.15, -0.1) is 0 Å². The molecule has 0 N–H and O–H groups in total. The van der Waals surface area contributed by atoms with Gasteiger partial charge in [0, 0.05) is 6.07 Å². The summed E-state index contributed by atoms with van der Waals surface area (Å²) in [5.74, 6) is -81.6. The van der Waals surface area contributed by atoms with Crippen LogP contribution in [0.1, 0.15) is 23.1 Å². The molecule has 0 aromatic heterocycles. The summed E-state index contributed by atoms with van der Waals surface area (Å²) < 4.78 is 277. The van der Waals surface area contributed by atoms with Gasteiger partial charge in [-0.1, -0.05) is 43.0 Å². The number of nitro benzene ring substituents is 1. The SMILES string of the molecule is C=Cc1ccc(Cc2ccc(OC(=O)CC(F)(F)C(F)(F)C(F)(F)C(F)(F)C(F)(F)C(F)(F)C(F)(F)C(F)(F)C(F)(F)C(F)F)c([N+](=O)[O-])c2)cc1. The third-order valence-corrected chi connectivity index (χ3v) is 6.95. The molecule has 0 atom stereocenters. The normalized spacial score (nSPS) is 14.4. The Bertz CT molecular complexity index is 1660. The molecular weight excluding hydrogens is 782 g/mol. The van der Waals surface area contributed by atoms with Crippen LogP contribution in [0, 0.1) is 10.1 Å². The highest BCUT2D eigenvalue weighted by atomic mass is 19.4. The van der Waals surface area contributed by atoms with E-state index in [9.17, 15) is 103 Å². The summed E-state index contributed by atoms with van der Waals surface area (Å²) in [5.41, 5.74) is -0.210. The van der Waals surface area contributed by atoms with Gasteiger partial charge in [-0.25, -0.2) is 8.78 Å². The van der Waals surface area contributed by atoms with Gasteiger partial charge < -0.3 is 4.74 Å². The van der Waals surface area contributed by atoms with Crippen molar-refractivity contribution in [2.75, 3.05) is 0 Å². The van der Waals surface area contributed by atoms with Crippen LogP contribution in [0.5, 0.6) is 5.75 Å². The quantitative estimate of drug-likeness (QED) is 0.0558. The van der Waals surface area contributed by atoms with E-state index in [-0.39, 0.29) is 12.0 Å². The third kappa shape index (κ3) is 6.80. The first kappa shape index (κ1) is 43.8. The summed E-state index contributed by atoms with van der Waals surface area (Å²) in [5, 5.41) is 11.4. The molecule has 292 valence electrons. The number of rotatable bonds is 16. The number of nitrogens with zero attached hydrogens (tertiary/aromatic N) is 1. The van der Waals surface area contributed by atoms with Crippen molar-refractivity contribution in [2.24, 2.45) is 0 Å².